The molecule has 0 saturated heterocycles. The summed E-state index contributed by atoms with van der Waals surface area (Å²) < 4.78 is 10.3. The summed E-state index contributed by atoms with van der Waals surface area (Å²) >= 11 is 0. The molecular weight excluding hydrogens is 376 g/mol. The van der Waals surface area contributed by atoms with Gasteiger partial charge in [-0.2, -0.15) is 0 Å². The van der Waals surface area contributed by atoms with Crippen molar-refractivity contribution in [2.75, 3.05) is 11.9 Å². The first-order valence-corrected chi connectivity index (χ1v) is 8.79. The lowest BCUT2D eigenvalue weighted by Crippen LogP contribution is -2.31. The van der Waals surface area contributed by atoms with Crippen LogP contribution in [0.25, 0.3) is 10.8 Å². The third-order valence-electron chi connectivity index (χ3n) is 4.13. The van der Waals surface area contributed by atoms with Crippen LogP contribution in [0.3, 0.4) is 0 Å². The van der Waals surface area contributed by atoms with Gasteiger partial charge < -0.3 is 14.8 Å². The Morgan fingerprint density at radius 3 is 2.45 bits per heavy atom. The summed E-state index contributed by atoms with van der Waals surface area (Å²) in [6.45, 7) is 1.04. The number of fused-ring (bicyclic) bond motifs is 1. The standard InChI is InChI=1S/C21H18N2O6/c1-14(21(25)22-19-8-4-6-15-5-2-3-7-18(15)19)29-20(24)13-28-17-11-9-16(10-12-17)23(26)27/h2-12,14H,13H2,1H3,(H,22,25)/t14-/m0/s1. The lowest BCUT2D eigenvalue weighted by molar-refractivity contribution is -0.384. The molecule has 0 fully saturated rings. The Labute approximate surface area is 166 Å². The van der Waals surface area contributed by atoms with Crippen LogP contribution in [-0.4, -0.2) is 29.5 Å². The van der Waals surface area contributed by atoms with Crippen molar-refractivity contribution in [3.63, 3.8) is 0 Å². The minimum atomic E-state index is -1.03. The van der Waals surface area contributed by atoms with Crippen molar-refractivity contribution in [2.45, 2.75) is 13.0 Å². The van der Waals surface area contributed by atoms with E-state index in [0.717, 1.165) is 10.8 Å². The molecule has 148 valence electrons. The second-order valence-corrected chi connectivity index (χ2v) is 6.19. The maximum Gasteiger partial charge on any atom is 0.344 e. The topological polar surface area (TPSA) is 108 Å². The molecule has 3 aromatic rings. The number of nitro benzene ring substituents is 1. The molecule has 1 atom stereocenters. The first-order chi connectivity index (χ1) is 13.9. The molecule has 0 unspecified atom stereocenters. The third kappa shape index (κ3) is 5.07. The molecule has 0 bridgehead atoms. The van der Waals surface area contributed by atoms with Gasteiger partial charge in [0.05, 0.1) is 4.92 Å². The minimum Gasteiger partial charge on any atom is -0.482 e. The average Bonchev–Trinajstić information content (AvgIpc) is 2.72. The monoisotopic (exact) mass is 394 g/mol. The highest BCUT2D eigenvalue weighted by Crippen LogP contribution is 2.23. The van der Waals surface area contributed by atoms with Gasteiger partial charge in [-0.25, -0.2) is 4.79 Å². The van der Waals surface area contributed by atoms with Crippen molar-refractivity contribution in [2.24, 2.45) is 0 Å². The quantitative estimate of drug-likeness (QED) is 0.372. The number of anilines is 1. The number of nitro groups is 1. The largest absolute Gasteiger partial charge is 0.482 e. The summed E-state index contributed by atoms with van der Waals surface area (Å²) in [7, 11) is 0. The van der Waals surface area contributed by atoms with Gasteiger partial charge in [-0.1, -0.05) is 36.4 Å². The highest BCUT2D eigenvalue weighted by atomic mass is 16.6. The van der Waals surface area contributed by atoms with Crippen LogP contribution in [0.5, 0.6) is 5.75 Å². The molecule has 3 aromatic carbocycles. The van der Waals surface area contributed by atoms with Crippen molar-refractivity contribution >= 4 is 34.0 Å². The molecule has 0 aliphatic heterocycles. The maximum absolute atomic E-state index is 12.4. The van der Waals surface area contributed by atoms with E-state index in [9.17, 15) is 19.7 Å². The van der Waals surface area contributed by atoms with Crippen LogP contribution in [0.2, 0.25) is 0 Å². The number of esters is 1. The van der Waals surface area contributed by atoms with Crippen molar-refractivity contribution < 1.29 is 24.0 Å². The SMILES string of the molecule is C[C@H](OC(=O)COc1ccc([N+](=O)[O-])cc1)C(=O)Nc1cccc2ccccc12. The second-order valence-electron chi connectivity index (χ2n) is 6.19. The van der Waals surface area contributed by atoms with Crippen molar-refractivity contribution in [1.82, 2.24) is 0 Å². The smallest absolute Gasteiger partial charge is 0.344 e. The van der Waals surface area contributed by atoms with E-state index in [0.29, 0.717) is 5.69 Å². The van der Waals surface area contributed by atoms with Gasteiger partial charge in [0.2, 0.25) is 0 Å². The maximum atomic E-state index is 12.4. The van der Waals surface area contributed by atoms with E-state index in [-0.39, 0.29) is 11.4 Å². The zero-order valence-electron chi connectivity index (χ0n) is 15.5. The van der Waals surface area contributed by atoms with Gasteiger partial charge in [-0.15, -0.1) is 0 Å². The third-order valence-corrected chi connectivity index (χ3v) is 4.13. The number of benzene rings is 3. The summed E-state index contributed by atoms with van der Waals surface area (Å²) in [5.74, 6) is -0.922. The summed E-state index contributed by atoms with van der Waals surface area (Å²) in [6, 6.07) is 18.4. The molecule has 0 heterocycles. The van der Waals surface area contributed by atoms with E-state index in [4.69, 9.17) is 9.47 Å². The van der Waals surface area contributed by atoms with Gasteiger partial charge in [0.25, 0.3) is 11.6 Å². The van der Waals surface area contributed by atoms with E-state index in [1.54, 1.807) is 6.07 Å². The lowest BCUT2D eigenvalue weighted by atomic mass is 10.1. The summed E-state index contributed by atoms with van der Waals surface area (Å²) in [5.41, 5.74) is 0.539. The fourth-order valence-corrected chi connectivity index (χ4v) is 2.66. The zero-order valence-corrected chi connectivity index (χ0v) is 15.5. The lowest BCUT2D eigenvalue weighted by Gasteiger charge is -2.15. The Morgan fingerprint density at radius 1 is 1.03 bits per heavy atom. The number of rotatable bonds is 7. The van der Waals surface area contributed by atoms with Gasteiger partial charge in [-0.3, -0.25) is 14.9 Å². The Morgan fingerprint density at radius 2 is 1.72 bits per heavy atom. The number of hydrogen-bond donors (Lipinski definition) is 1. The summed E-state index contributed by atoms with van der Waals surface area (Å²) in [4.78, 5) is 34.4. The zero-order chi connectivity index (χ0) is 20.8. The number of non-ortho nitro benzene ring substituents is 1. The van der Waals surface area contributed by atoms with Gasteiger partial charge in [0, 0.05) is 23.2 Å². The molecule has 0 spiro atoms. The molecule has 8 nitrogen and oxygen atoms in total. The first kappa shape index (κ1) is 19.8. The first-order valence-electron chi connectivity index (χ1n) is 8.79. The second kappa shape index (κ2) is 8.83. The van der Waals surface area contributed by atoms with Crippen LogP contribution in [0, 0.1) is 10.1 Å². The number of amides is 1. The van der Waals surface area contributed by atoms with E-state index >= 15 is 0 Å². The van der Waals surface area contributed by atoms with Gasteiger partial charge >= 0.3 is 5.97 Å². The Kier molecular flexibility index (Phi) is 6.03. The average molecular weight is 394 g/mol. The fraction of sp³-hybridized carbons (Fsp3) is 0.143. The van der Waals surface area contributed by atoms with Gasteiger partial charge in [-0.05, 0) is 30.5 Å². The van der Waals surface area contributed by atoms with E-state index in [1.807, 2.05) is 36.4 Å². The molecule has 0 aromatic heterocycles. The van der Waals surface area contributed by atoms with Crippen LogP contribution in [-0.2, 0) is 14.3 Å². The molecular formula is C21H18N2O6. The Bertz CT molecular complexity index is 1040. The number of nitrogens with one attached hydrogen (secondary N) is 1. The molecule has 0 radical (unpaired) electrons. The van der Waals surface area contributed by atoms with E-state index < -0.39 is 29.5 Å². The normalized spacial score (nSPS) is 11.5. The molecule has 0 saturated carbocycles. The molecule has 1 amide bonds. The molecule has 1 N–H and O–H groups in total. The van der Waals surface area contributed by atoms with Crippen LogP contribution in [0.15, 0.2) is 66.7 Å². The fourth-order valence-electron chi connectivity index (χ4n) is 2.66. The molecule has 0 aliphatic carbocycles. The summed E-state index contributed by atoms with van der Waals surface area (Å²) in [5, 5.41) is 15.2. The predicted octanol–water partition coefficient (Wildman–Crippen LogP) is 3.70. The summed E-state index contributed by atoms with van der Waals surface area (Å²) in [6.07, 6.45) is -1.03. The minimum absolute atomic E-state index is 0.0846. The number of ether oxygens (including phenoxy) is 2. The van der Waals surface area contributed by atoms with Crippen LogP contribution < -0.4 is 10.1 Å². The van der Waals surface area contributed by atoms with Crippen LogP contribution in [0.1, 0.15) is 6.92 Å². The number of carbonyl (C=O) groups is 2. The number of hydrogen-bond acceptors (Lipinski definition) is 6. The number of nitrogens with zero attached hydrogens (tertiary/aromatic N) is 1. The van der Waals surface area contributed by atoms with E-state index in [1.165, 1.54) is 31.2 Å². The van der Waals surface area contributed by atoms with Gasteiger partial charge in [0.1, 0.15) is 5.75 Å². The van der Waals surface area contributed by atoms with Crippen molar-refractivity contribution in [1.29, 1.82) is 0 Å². The predicted molar refractivity (Wildman–Crippen MR) is 107 cm³/mol. The van der Waals surface area contributed by atoms with Crippen LogP contribution >= 0.6 is 0 Å². The highest BCUT2D eigenvalue weighted by Gasteiger charge is 2.19. The van der Waals surface area contributed by atoms with E-state index in [2.05, 4.69) is 5.32 Å². The molecule has 8 heteroatoms. The van der Waals surface area contributed by atoms with Crippen molar-refractivity contribution in [3.05, 3.63) is 76.8 Å². The Hall–Kier alpha value is -3.94. The van der Waals surface area contributed by atoms with Gasteiger partial charge in [0.15, 0.2) is 12.7 Å². The Balaban J connectivity index is 1.53. The van der Waals surface area contributed by atoms with Crippen molar-refractivity contribution in [3.8, 4) is 5.75 Å². The molecule has 0 aliphatic rings. The van der Waals surface area contributed by atoms with Crippen LogP contribution in [0.4, 0.5) is 11.4 Å². The molecule has 29 heavy (non-hydrogen) atoms. The number of carbonyl (C=O) groups excluding carboxylic acids is 2. The highest BCUT2D eigenvalue weighted by molar-refractivity contribution is 6.03. The molecule has 3 rings (SSSR count).